The molecule has 104 valence electrons. The van der Waals surface area contributed by atoms with Crippen LogP contribution in [0.5, 0.6) is 0 Å². The van der Waals surface area contributed by atoms with Gasteiger partial charge in [0.2, 0.25) is 5.91 Å². The molecule has 2 unspecified atom stereocenters. The first-order valence-corrected chi connectivity index (χ1v) is 7.19. The van der Waals surface area contributed by atoms with E-state index >= 15 is 0 Å². The van der Waals surface area contributed by atoms with Crippen LogP contribution in [0.4, 0.5) is 0 Å². The monoisotopic (exact) mass is 260 g/mol. The van der Waals surface area contributed by atoms with Crippen molar-refractivity contribution < 1.29 is 4.79 Å². The van der Waals surface area contributed by atoms with Crippen LogP contribution < -0.4 is 11.1 Å². The van der Waals surface area contributed by atoms with Crippen LogP contribution in [-0.4, -0.2) is 12.5 Å². The molecular formula is C16H24N2O. The summed E-state index contributed by atoms with van der Waals surface area (Å²) in [4.78, 5) is 12.3. The SMILES string of the molecule is Cc1cccc([C@H](C)NC(=O)C2CCCC2CN)c1. The third-order valence-electron chi connectivity index (χ3n) is 4.20. The summed E-state index contributed by atoms with van der Waals surface area (Å²) < 4.78 is 0. The Morgan fingerprint density at radius 1 is 1.47 bits per heavy atom. The topological polar surface area (TPSA) is 55.1 Å². The average molecular weight is 260 g/mol. The molecule has 1 aliphatic carbocycles. The maximum atomic E-state index is 12.3. The van der Waals surface area contributed by atoms with Gasteiger partial charge in [0.15, 0.2) is 0 Å². The first kappa shape index (κ1) is 14.1. The highest BCUT2D eigenvalue weighted by Gasteiger charge is 2.32. The van der Waals surface area contributed by atoms with Crippen molar-refractivity contribution in [1.82, 2.24) is 5.32 Å². The molecule has 0 bridgehead atoms. The Labute approximate surface area is 115 Å². The summed E-state index contributed by atoms with van der Waals surface area (Å²) in [6.45, 7) is 4.73. The average Bonchev–Trinajstić information content (AvgIpc) is 2.87. The van der Waals surface area contributed by atoms with Gasteiger partial charge < -0.3 is 11.1 Å². The lowest BCUT2D eigenvalue weighted by Crippen LogP contribution is -2.36. The molecule has 0 saturated heterocycles. The normalized spacial score (nSPS) is 24.2. The van der Waals surface area contributed by atoms with Crippen molar-refractivity contribution in [2.24, 2.45) is 17.6 Å². The number of hydrogen-bond acceptors (Lipinski definition) is 2. The van der Waals surface area contributed by atoms with Crippen LogP contribution in [0.3, 0.4) is 0 Å². The summed E-state index contributed by atoms with van der Waals surface area (Å²) in [5, 5.41) is 3.14. The van der Waals surface area contributed by atoms with Gasteiger partial charge in [0, 0.05) is 5.92 Å². The molecule has 3 heteroatoms. The molecule has 3 N–H and O–H groups in total. The fourth-order valence-electron chi connectivity index (χ4n) is 3.01. The van der Waals surface area contributed by atoms with E-state index < -0.39 is 0 Å². The van der Waals surface area contributed by atoms with Gasteiger partial charge in [-0.3, -0.25) is 4.79 Å². The summed E-state index contributed by atoms with van der Waals surface area (Å²) in [6.07, 6.45) is 3.19. The summed E-state index contributed by atoms with van der Waals surface area (Å²) in [7, 11) is 0. The number of benzene rings is 1. The van der Waals surface area contributed by atoms with E-state index in [1.54, 1.807) is 0 Å². The number of aryl methyl sites for hydroxylation is 1. The number of carbonyl (C=O) groups is 1. The van der Waals surface area contributed by atoms with E-state index in [2.05, 4.69) is 30.4 Å². The van der Waals surface area contributed by atoms with Crippen molar-refractivity contribution in [2.75, 3.05) is 6.54 Å². The Morgan fingerprint density at radius 2 is 2.26 bits per heavy atom. The number of hydrogen-bond donors (Lipinski definition) is 2. The minimum atomic E-state index is 0.0615. The van der Waals surface area contributed by atoms with Gasteiger partial charge in [-0.15, -0.1) is 0 Å². The lowest BCUT2D eigenvalue weighted by molar-refractivity contribution is -0.126. The quantitative estimate of drug-likeness (QED) is 0.874. The zero-order valence-corrected chi connectivity index (χ0v) is 11.9. The fourth-order valence-corrected chi connectivity index (χ4v) is 3.01. The van der Waals surface area contributed by atoms with Crippen LogP contribution in [0.15, 0.2) is 24.3 Å². The van der Waals surface area contributed by atoms with Crippen molar-refractivity contribution in [2.45, 2.75) is 39.2 Å². The number of amides is 1. The second-order valence-corrected chi connectivity index (χ2v) is 5.68. The van der Waals surface area contributed by atoms with E-state index in [4.69, 9.17) is 5.73 Å². The zero-order valence-electron chi connectivity index (χ0n) is 11.9. The van der Waals surface area contributed by atoms with Crippen LogP contribution in [0.1, 0.15) is 43.4 Å². The largest absolute Gasteiger partial charge is 0.349 e. The minimum Gasteiger partial charge on any atom is -0.349 e. The molecule has 2 rings (SSSR count). The third kappa shape index (κ3) is 3.35. The summed E-state index contributed by atoms with van der Waals surface area (Å²) in [6, 6.07) is 8.35. The second-order valence-electron chi connectivity index (χ2n) is 5.68. The van der Waals surface area contributed by atoms with E-state index in [0.717, 1.165) is 24.8 Å². The molecule has 3 atom stereocenters. The van der Waals surface area contributed by atoms with E-state index in [1.807, 2.05) is 13.0 Å². The lowest BCUT2D eigenvalue weighted by Gasteiger charge is -2.21. The molecule has 1 aromatic rings. The Bertz CT molecular complexity index is 444. The second kappa shape index (κ2) is 6.20. The van der Waals surface area contributed by atoms with Gasteiger partial charge in [0.25, 0.3) is 0 Å². The molecule has 0 aromatic heterocycles. The summed E-state index contributed by atoms with van der Waals surface area (Å²) >= 11 is 0. The van der Waals surface area contributed by atoms with Crippen molar-refractivity contribution in [3.8, 4) is 0 Å². The molecule has 1 aliphatic rings. The van der Waals surface area contributed by atoms with E-state index in [-0.39, 0.29) is 17.9 Å². The summed E-state index contributed by atoms with van der Waals surface area (Å²) in [5.74, 6) is 0.643. The number of rotatable bonds is 4. The van der Waals surface area contributed by atoms with E-state index in [0.29, 0.717) is 12.5 Å². The van der Waals surface area contributed by atoms with Gasteiger partial charge in [-0.1, -0.05) is 36.2 Å². The highest BCUT2D eigenvalue weighted by Crippen LogP contribution is 2.31. The molecule has 1 saturated carbocycles. The lowest BCUT2D eigenvalue weighted by atomic mass is 9.94. The number of carbonyl (C=O) groups excluding carboxylic acids is 1. The Balaban J connectivity index is 1.98. The van der Waals surface area contributed by atoms with E-state index in [9.17, 15) is 4.79 Å². The maximum absolute atomic E-state index is 12.3. The fraction of sp³-hybridized carbons (Fsp3) is 0.562. The molecule has 0 spiro atoms. The molecule has 1 aromatic carbocycles. The van der Waals surface area contributed by atoms with E-state index in [1.165, 1.54) is 5.56 Å². The van der Waals surface area contributed by atoms with Gasteiger partial charge in [-0.25, -0.2) is 0 Å². The third-order valence-corrected chi connectivity index (χ3v) is 4.20. The molecule has 0 aliphatic heterocycles. The Hall–Kier alpha value is -1.35. The first-order chi connectivity index (χ1) is 9.11. The molecule has 3 nitrogen and oxygen atoms in total. The van der Waals surface area contributed by atoms with Crippen LogP contribution in [0.2, 0.25) is 0 Å². The molecule has 1 amide bonds. The van der Waals surface area contributed by atoms with Gasteiger partial charge in [0.1, 0.15) is 0 Å². The summed E-state index contributed by atoms with van der Waals surface area (Å²) in [5.41, 5.74) is 8.13. The molecule has 1 fully saturated rings. The molecular weight excluding hydrogens is 236 g/mol. The highest BCUT2D eigenvalue weighted by molar-refractivity contribution is 5.79. The Morgan fingerprint density at radius 3 is 2.95 bits per heavy atom. The predicted molar refractivity (Wildman–Crippen MR) is 77.6 cm³/mol. The van der Waals surface area contributed by atoms with Gasteiger partial charge in [0.05, 0.1) is 6.04 Å². The van der Waals surface area contributed by atoms with Gasteiger partial charge >= 0.3 is 0 Å². The van der Waals surface area contributed by atoms with Crippen molar-refractivity contribution in [1.29, 1.82) is 0 Å². The van der Waals surface area contributed by atoms with Crippen LogP contribution in [0.25, 0.3) is 0 Å². The van der Waals surface area contributed by atoms with Crippen LogP contribution >= 0.6 is 0 Å². The zero-order chi connectivity index (χ0) is 13.8. The van der Waals surface area contributed by atoms with Crippen LogP contribution in [-0.2, 0) is 4.79 Å². The van der Waals surface area contributed by atoms with Crippen molar-refractivity contribution in [3.63, 3.8) is 0 Å². The first-order valence-electron chi connectivity index (χ1n) is 7.19. The van der Waals surface area contributed by atoms with Gasteiger partial charge in [-0.05, 0) is 44.7 Å². The standard InChI is InChI=1S/C16H24N2O/c1-11-5-3-6-13(9-11)12(2)18-16(19)15-8-4-7-14(15)10-17/h3,5-6,9,12,14-15H,4,7-8,10,17H2,1-2H3,(H,18,19)/t12-,14?,15?/m0/s1. The van der Waals surface area contributed by atoms with Crippen molar-refractivity contribution >= 4 is 5.91 Å². The molecule has 0 heterocycles. The predicted octanol–water partition coefficient (Wildman–Crippen LogP) is 2.55. The molecule has 0 radical (unpaired) electrons. The van der Waals surface area contributed by atoms with Gasteiger partial charge in [-0.2, -0.15) is 0 Å². The number of nitrogens with one attached hydrogen (secondary N) is 1. The van der Waals surface area contributed by atoms with Crippen LogP contribution in [0, 0.1) is 18.8 Å². The smallest absolute Gasteiger partial charge is 0.223 e. The maximum Gasteiger partial charge on any atom is 0.223 e. The highest BCUT2D eigenvalue weighted by atomic mass is 16.2. The minimum absolute atomic E-state index is 0.0615. The molecule has 19 heavy (non-hydrogen) atoms. The number of nitrogens with two attached hydrogens (primary N) is 1. The Kier molecular flexibility index (Phi) is 4.59. The van der Waals surface area contributed by atoms with Crippen molar-refractivity contribution in [3.05, 3.63) is 35.4 Å².